The summed E-state index contributed by atoms with van der Waals surface area (Å²) in [7, 11) is 0. The molecule has 1 atom stereocenters. The third-order valence-electron chi connectivity index (χ3n) is 4.42. The zero-order valence-electron chi connectivity index (χ0n) is 12.9. The number of hydrogen-bond acceptors (Lipinski definition) is 5. The highest BCUT2D eigenvalue weighted by Gasteiger charge is 2.27. The van der Waals surface area contributed by atoms with Crippen LogP contribution in [0.25, 0.3) is 0 Å². The van der Waals surface area contributed by atoms with Crippen LogP contribution in [-0.4, -0.2) is 39.5 Å². The van der Waals surface area contributed by atoms with Crippen LogP contribution in [0.15, 0.2) is 24.7 Å². The number of rotatable bonds is 6. The predicted octanol–water partition coefficient (Wildman–Crippen LogP) is 2.19. The SMILES string of the molecule is Fc1cnc(N2Cc3ccnn3C(CCOCC3CC3)C2)nc1. The molecule has 6 nitrogen and oxygen atoms in total. The van der Waals surface area contributed by atoms with Crippen LogP contribution in [0, 0.1) is 11.7 Å². The number of aromatic nitrogens is 4. The minimum absolute atomic E-state index is 0.224. The van der Waals surface area contributed by atoms with Crippen LogP contribution in [0.4, 0.5) is 10.3 Å². The molecule has 0 bridgehead atoms. The highest BCUT2D eigenvalue weighted by Crippen LogP contribution is 2.29. The number of ether oxygens (including phenoxy) is 1. The van der Waals surface area contributed by atoms with Crippen LogP contribution in [0.1, 0.15) is 31.0 Å². The quantitative estimate of drug-likeness (QED) is 0.765. The molecule has 0 aromatic carbocycles. The number of halogens is 1. The van der Waals surface area contributed by atoms with Gasteiger partial charge in [0.05, 0.1) is 30.7 Å². The number of anilines is 1. The van der Waals surface area contributed by atoms with Crippen LogP contribution in [0.2, 0.25) is 0 Å². The lowest BCUT2D eigenvalue weighted by molar-refractivity contribution is 0.109. The van der Waals surface area contributed by atoms with Crippen LogP contribution >= 0.6 is 0 Å². The average molecular weight is 317 g/mol. The van der Waals surface area contributed by atoms with Gasteiger partial charge in [0, 0.05) is 26.0 Å². The monoisotopic (exact) mass is 317 g/mol. The second kappa shape index (κ2) is 6.23. The van der Waals surface area contributed by atoms with Crippen molar-refractivity contribution in [3.05, 3.63) is 36.2 Å². The Balaban J connectivity index is 1.43. The van der Waals surface area contributed by atoms with Gasteiger partial charge in [-0.2, -0.15) is 5.10 Å². The molecular formula is C16H20FN5O. The molecule has 0 saturated heterocycles. The standard InChI is InChI=1S/C16H20FN5O/c17-13-7-18-16(19-8-13)21-9-14-3-5-20-22(14)15(10-21)4-6-23-11-12-1-2-12/h3,5,7-8,12,15H,1-2,4,6,9-11H2. The molecule has 1 unspecified atom stereocenters. The summed E-state index contributed by atoms with van der Waals surface area (Å²) >= 11 is 0. The number of nitrogens with zero attached hydrogens (tertiary/aromatic N) is 5. The van der Waals surface area contributed by atoms with Crippen LogP contribution in [0.5, 0.6) is 0 Å². The van der Waals surface area contributed by atoms with Crippen molar-refractivity contribution in [3.8, 4) is 0 Å². The molecular weight excluding hydrogens is 297 g/mol. The molecule has 2 aromatic rings. The Labute approximate surface area is 134 Å². The van der Waals surface area contributed by atoms with E-state index in [1.54, 1.807) is 0 Å². The minimum Gasteiger partial charge on any atom is -0.381 e. The van der Waals surface area contributed by atoms with Gasteiger partial charge in [-0.05, 0) is 31.2 Å². The maximum Gasteiger partial charge on any atom is 0.225 e. The summed E-state index contributed by atoms with van der Waals surface area (Å²) in [6, 6.07) is 2.23. The summed E-state index contributed by atoms with van der Waals surface area (Å²) in [6.07, 6.45) is 7.76. The van der Waals surface area contributed by atoms with Gasteiger partial charge < -0.3 is 9.64 Å². The van der Waals surface area contributed by atoms with E-state index in [2.05, 4.69) is 24.6 Å². The molecule has 1 aliphatic carbocycles. The van der Waals surface area contributed by atoms with E-state index < -0.39 is 5.82 Å². The van der Waals surface area contributed by atoms with Crippen molar-refractivity contribution in [3.63, 3.8) is 0 Å². The zero-order valence-corrected chi connectivity index (χ0v) is 12.9. The molecule has 1 fully saturated rings. The van der Waals surface area contributed by atoms with Gasteiger partial charge >= 0.3 is 0 Å². The molecule has 3 heterocycles. The summed E-state index contributed by atoms with van der Waals surface area (Å²) < 4.78 is 20.9. The summed E-state index contributed by atoms with van der Waals surface area (Å²) in [5.41, 5.74) is 1.12. The van der Waals surface area contributed by atoms with Gasteiger partial charge in [0.2, 0.25) is 5.95 Å². The highest BCUT2D eigenvalue weighted by atomic mass is 19.1. The lowest BCUT2D eigenvalue weighted by atomic mass is 10.1. The largest absolute Gasteiger partial charge is 0.381 e. The molecule has 2 aliphatic rings. The normalized spacial score (nSPS) is 20.6. The first-order valence-corrected chi connectivity index (χ1v) is 8.12. The summed E-state index contributed by atoms with van der Waals surface area (Å²) in [6.45, 7) is 3.06. The van der Waals surface area contributed by atoms with Gasteiger partial charge in [-0.15, -0.1) is 0 Å². The van der Waals surface area contributed by atoms with Crippen molar-refractivity contribution in [1.82, 2.24) is 19.7 Å². The fourth-order valence-electron chi connectivity index (χ4n) is 2.98. The maximum absolute atomic E-state index is 13.0. The van der Waals surface area contributed by atoms with Crippen molar-refractivity contribution >= 4 is 5.95 Å². The lowest BCUT2D eigenvalue weighted by Crippen LogP contribution is -2.39. The molecule has 122 valence electrons. The van der Waals surface area contributed by atoms with Gasteiger partial charge in [-0.3, -0.25) is 4.68 Å². The number of fused-ring (bicyclic) bond motifs is 1. The number of hydrogen-bond donors (Lipinski definition) is 0. The molecule has 0 amide bonds. The van der Waals surface area contributed by atoms with Crippen molar-refractivity contribution in [1.29, 1.82) is 0 Å². The first kappa shape index (κ1) is 14.6. The predicted molar refractivity (Wildman–Crippen MR) is 82.5 cm³/mol. The van der Waals surface area contributed by atoms with Crippen LogP contribution in [-0.2, 0) is 11.3 Å². The zero-order chi connectivity index (χ0) is 15.6. The minimum atomic E-state index is -0.416. The van der Waals surface area contributed by atoms with Gasteiger partial charge in [0.1, 0.15) is 0 Å². The van der Waals surface area contributed by atoms with Crippen molar-refractivity contribution < 1.29 is 9.13 Å². The van der Waals surface area contributed by atoms with Crippen molar-refractivity contribution in [2.45, 2.75) is 31.8 Å². The third kappa shape index (κ3) is 3.34. The second-order valence-electron chi connectivity index (χ2n) is 6.31. The fraction of sp³-hybridized carbons (Fsp3) is 0.562. The van der Waals surface area contributed by atoms with Gasteiger partial charge in [-0.25, -0.2) is 14.4 Å². The summed E-state index contributed by atoms with van der Waals surface area (Å²) in [5, 5.41) is 4.44. The Hall–Kier alpha value is -2.02. The Morgan fingerprint density at radius 3 is 2.87 bits per heavy atom. The Morgan fingerprint density at radius 2 is 2.09 bits per heavy atom. The molecule has 23 heavy (non-hydrogen) atoms. The molecule has 7 heteroatoms. The lowest BCUT2D eigenvalue weighted by Gasteiger charge is -2.33. The van der Waals surface area contributed by atoms with Gasteiger partial charge in [-0.1, -0.05) is 0 Å². The fourth-order valence-corrected chi connectivity index (χ4v) is 2.98. The summed E-state index contributed by atoms with van der Waals surface area (Å²) in [4.78, 5) is 10.3. The molecule has 4 rings (SSSR count). The molecule has 1 aliphatic heterocycles. The van der Waals surface area contributed by atoms with E-state index in [0.29, 0.717) is 12.5 Å². The van der Waals surface area contributed by atoms with Crippen molar-refractivity contribution in [2.24, 2.45) is 5.92 Å². The van der Waals surface area contributed by atoms with Gasteiger partial charge in [0.15, 0.2) is 5.82 Å². The molecule has 0 spiro atoms. The van der Waals surface area contributed by atoms with E-state index in [4.69, 9.17) is 4.74 Å². The summed E-state index contributed by atoms with van der Waals surface area (Å²) in [5.74, 6) is 0.925. The Kier molecular flexibility index (Phi) is 3.95. The first-order chi connectivity index (χ1) is 11.3. The van der Waals surface area contributed by atoms with Crippen molar-refractivity contribution in [2.75, 3.05) is 24.7 Å². The van der Waals surface area contributed by atoms with Crippen LogP contribution < -0.4 is 4.90 Å². The molecule has 0 N–H and O–H groups in total. The molecule has 1 saturated carbocycles. The first-order valence-electron chi connectivity index (χ1n) is 8.12. The molecule has 0 radical (unpaired) electrons. The van der Waals surface area contributed by atoms with E-state index in [-0.39, 0.29) is 6.04 Å². The Bertz CT molecular complexity index is 655. The van der Waals surface area contributed by atoms with E-state index in [0.717, 1.165) is 37.8 Å². The highest BCUT2D eigenvalue weighted by molar-refractivity contribution is 5.32. The van der Waals surface area contributed by atoms with E-state index in [1.807, 2.05) is 12.3 Å². The van der Waals surface area contributed by atoms with Gasteiger partial charge in [0.25, 0.3) is 0 Å². The topological polar surface area (TPSA) is 56.1 Å². The third-order valence-corrected chi connectivity index (χ3v) is 4.42. The van der Waals surface area contributed by atoms with E-state index in [1.165, 1.54) is 25.2 Å². The van der Waals surface area contributed by atoms with E-state index >= 15 is 0 Å². The van der Waals surface area contributed by atoms with E-state index in [9.17, 15) is 4.39 Å². The maximum atomic E-state index is 13.0. The molecule has 2 aromatic heterocycles. The van der Waals surface area contributed by atoms with Crippen LogP contribution in [0.3, 0.4) is 0 Å². The average Bonchev–Trinajstić information content (AvgIpc) is 3.26. The second-order valence-corrected chi connectivity index (χ2v) is 6.31. The Morgan fingerprint density at radius 1 is 1.26 bits per heavy atom. The smallest absolute Gasteiger partial charge is 0.225 e.